The van der Waals surface area contributed by atoms with Crippen molar-refractivity contribution in [2.45, 2.75) is 18.9 Å². The summed E-state index contributed by atoms with van der Waals surface area (Å²) in [4.78, 5) is 63.6. The van der Waals surface area contributed by atoms with E-state index < -0.39 is 41.2 Å². The van der Waals surface area contributed by atoms with Crippen LogP contribution < -0.4 is 0 Å². The third-order valence-corrected chi connectivity index (χ3v) is 7.11. The van der Waals surface area contributed by atoms with Crippen LogP contribution in [0.5, 0.6) is 0 Å². The molecule has 1 heterocycles. The molecule has 2 bridgehead atoms. The highest BCUT2D eigenvalue weighted by atomic mass is 16.6. The fourth-order valence-corrected chi connectivity index (χ4v) is 5.44. The number of amides is 2. The minimum absolute atomic E-state index is 0.00330. The second kappa shape index (κ2) is 8.90. The van der Waals surface area contributed by atoms with Crippen LogP contribution in [0.25, 0.3) is 0 Å². The Balaban J connectivity index is 1.34. The van der Waals surface area contributed by atoms with Crippen molar-refractivity contribution in [3.05, 3.63) is 88.0 Å². The van der Waals surface area contributed by atoms with Gasteiger partial charge in [-0.2, -0.15) is 0 Å². The first-order valence-corrected chi connectivity index (χ1v) is 11.4. The largest absolute Gasteiger partial charge is 0.456 e. The van der Waals surface area contributed by atoms with Gasteiger partial charge in [-0.05, 0) is 36.0 Å². The lowest BCUT2D eigenvalue weighted by molar-refractivity contribution is -0.384. The Labute approximate surface area is 200 Å². The predicted molar refractivity (Wildman–Crippen MR) is 122 cm³/mol. The van der Waals surface area contributed by atoms with Crippen LogP contribution in [0.4, 0.5) is 5.69 Å². The first kappa shape index (κ1) is 22.6. The van der Waals surface area contributed by atoms with Crippen LogP contribution in [0.3, 0.4) is 0 Å². The molecule has 35 heavy (non-hydrogen) atoms. The normalized spacial score (nSPS) is 25.0. The Kier molecular flexibility index (Phi) is 5.76. The maximum absolute atomic E-state index is 13.3. The number of ether oxygens (including phenoxy) is 1. The van der Waals surface area contributed by atoms with Crippen LogP contribution in [-0.4, -0.2) is 46.0 Å². The van der Waals surface area contributed by atoms with Gasteiger partial charge in [-0.15, -0.1) is 0 Å². The number of esters is 1. The smallest absolute Gasteiger partial charge is 0.330 e. The number of allylic oxidation sites excluding steroid dienone is 2. The lowest BCUT2D eigenvalue weighted by Gasteiger charge is -2.26. The number of nitro groups is 1. The molecule has 1 aliphatic heterocycles. The van der Waals surface area contributed by atoms with Crippen molar-refractivity contribution in [2.24, 2.45) is 23.7 Å². The van der Waals surface area contributed by atoms with E-state index in [0.29, 0.717) is 0 Å². The lowest BCUT2D eigenvalue weighted by atomic mass is 9.85. The zero-order valence-electron chi connectivity index (χ0n) is 18.6. The van der Waals surface area contributed by atoms with Gasteiger partial charge in [0.2, 0.25) is 11.8 Å². The molecule has 2 aliphatic carbocycles. The number of likely N-dealkylation sites (tertiary alicyclic amines) is 1. The van der Waals surface area contributed by atoms with Gasteiger partial charge in [0.1, 0.15) is 6.04 Å². The Morgan fingerprint density at radius 1 is 0.971 bits per heavy atom. The number of nitrogens with zero attached hydrogens (tertiary/aromatic N) is 2. The average molecular weight is 474 g/mol. The molecule has 0 radical (unpaired) electrons. The second-order valence-corrected chi connectivity index (χ2v) is 9.09. The molecule has 5 atom stereocenters. The van der Waals surface area contributed by atoms with E-state index in [0.717, 1.165) is 16.9 Å². The molecule has 0 spiro atoms. The monoisotopic (exact) mass is 474 g/mol. The van der Waals surface area contributed by atoms with Gasteiger partial charge in [-0.25, -0.2) is 4.79 Å². The molecule has 2 fully saturated rings. The highest BCUT2D eigenvalue weighted by molar-refractivity contribution is 6.09. The number of fused-ring (bicyclic) bond motifs is 5. The van der Waals surface area contributed by atoms with Crippen LogP contribution in [-0.2, 0) is 25.5 Å². The fourth-order valence-electron chi connectivity index (χ4n) is 5.44. The molecule has 2 amide bonds. The number of carbonyl (C=O) groups excluding carboxylic acids is 4. The number of nitro benzene ring substituents is 1. The summed E-state index contributed by atoms with van der Waals surface area (Å²) in [6, 6.07) is 12.8. The van der Waals surface area contributed by atoms with Crippen LogP contribution >= 0.6 is 0 Å². The summed E-state index contributed by atoms with van der Waals surface area (Å²) in [5.74, 6) is -3.02. The zero-order chi connectivity index (χ0) is 24.7. The first-order chi connectivity index (χ1) is 16.8. The maximum atomic E-state index is 13.3. The van der Waals surface area contributed by atoms with Crippen molar-refractivity contribution in [3.8, 4) is 0 Å². The minimum Gasteiger partial charge on any atom is -0.456 e. The highest BCUT2D eigenvalue weighted by Crippen LogP contribution is 2.53. The van der Waals surface area contributed by atoms with Gasteiger partial charge in [-0.1, -0.05) is 42.5 Å². The second-order valence-electron chi connectivity index (χ2n) is 9.09. The van der Waals surface area contributed by atoms with Crippen LogP contribution in [0, 0.1) is 33.8 Å². The summed E-state index contributed by atoms with van der Waals surface area (Å²) in [5, 5.41) is 10.8. The Hall–Kier alpha value is -4.14. The summed E-state index contributed by atoms with van der Waals surface area (Å²) >= 11 is 0. The quantitative estimate of drug-likeness (QED) is 0.144. The van der Waals surface area contributed by atoms with Crippen molar-refractivity contribution < 1.29 is 28.8 Å². The molecule has 2 aromatic carbocycles. The van der Waals surface area contributed by atoms with Crippen LogP contribution in [0.15, 0.2) is 66.7 Å². The van der Waals surface area contributed by atoms with E-state index >= 15 is 0 Å². The third-order valence-electron chi connectivity index (χ3n) is 7.11. The summed E-state index contributed by atoms with van der Waals surface area (Å²) in [6.07, 6.45) is 4.81. The Bertz CT molecular complexity index is 1210. The summed E-state index contributed by atoms with van der Waals surface area (Å²) in [5.41, 5.74) is 0.727. The molecule has 3 aliphatic rings. The van der Waals surface area contributed by atoms with E-state index in [1.807, 2.05) is 18.2 Å². The zero-order valence-corrected chi connectivity index (χ0v) is 18.6. The number of benzene rings is 2. The van der Waals surface area contributed by atoms with Crippen LogP contribution in [0.1, 0.15) is 22.3 Å². The number of imide groups is 1. The van der Waals surface area contributed by atoms with Crippen LogP contribution in [0.2, 0.25) is 0 Å². The molecule has 0 aromatic heterocycles. The molecular weight excluding hydrogens is 452 g/mol. The standard InChI is InChI=1S/C26H22N2O7/c29-21(16-8-10-19(11-9-16)28(33)34)14-35-26(32)20(12-15-4-2-1-3-5-15)27-24(30)22-17-6-7-18(13-17)23(22)25(27)31/h1-11,17-18,20,22-23H,12-14H2/t17-,18-,20+,22-,23+/m0/s1. The topological polar surface area (TPSA) is 124 Å². The molecule has 9 heteroatoms. The van der Waals surface area contributed by atoms with Gasteiger partial charge in [0.25, 0.3) is 5.69 Å². The fraction of sp³-hybridized carbons (Fsp3) is 0.308. The van der Waals surface area contributed by atoms with Crippen molar-refractivity contribution in [2.75, 3.05) is 6.61 Å². The number of hydrogen-bond donors (Lipinski definition) is 0. The minimum atomic E-state index is -1.19. The van der Waals surface area contributed by atoms with Gasteiger partial charge in [0, 0.05) is 24.1 Å². The van der Waals surface area contributed by atoms with E-state index in [4.69, 9.17) is 4.74 Å². The summed E-state index contributed by atoms with van der Waals surface area (Å²) in [7, 11) is 0. The van der Waals surface area contributed by atoms with Gasteiger partial charge in [0.15, 0.2) is 12.4 Å². The third kappa shape index (κ3) is 4.03. The van der Waals surface area contributed by atoms with Gasteiger partial charge >= 0.3 is 5.97 Å². The number of rotatable bonds is 8. The van der Waals surface area contributed by atoms with Crippen molar-refractivity contribution in [3.63, 3.8) is 0 Å². The number of Topliss-reactive ketones (excluding diaryl/α,β-unsaturated/α-hetero) is 1. The van der Waals surface area contributed by atoms with E-state index in [-0.39, 0.29) is 41.3 Å². The summed E-state index contributed by atoms with van der Waals surface area (Å²) < 4.78 is 5.29. The molecule has 9 nitrogen and oxygen atoms in total. The molecular formula is C26H22N2O7. The molecule has 0 N–H and O–H groups in total. The van der Waals surface area contributed by atoms with Gasteiger partial charge in [0.05, 0.1) is 16.8 Å². The maximum Gasteiger partial charge on any atom is 0.330 e. The lowest BCUT2D eigenvalue weighted by Crippen LogP contribution is -2.48. The average Bonchev–Trinajstić information content (AvgIpc) is 3.55. The van der Waals surface area contributed by atoms with Crippen molar-refractivity contribution in [1.82, 2.24) is 4.90 Å². The van der Waals surface area contributed by atoms with Crippen molar-refractivity contribution >= 4 is 29.3 Å². The van der Waals surface area contributed by atoms with E-state index in [1.54, 1.807) is 24.3 Å². The number of non-ortho nitro benzene ring substituents is 1. The molecule has 1 saturated heterocycles. The van der Waals surface area contributed by atoms with Gasteiger partial charge in [-0.3, -0.25) is 29.4 Å². The number of carbonyl (C=O) groups is 4. The summed E-state index contributed by atoms with van der Waals surface area (Å²) in [6.45, 7) is -0.613. The molecule has 0 unspecified atom stereocenters. The Morgan fingerprint density at radius 3 is 2.14 bits per heavy atom. The molecule has 178 valence electrons. The molecule has 2 aromatic rings. The van der Waals surface area contributed by atoms with E-state index in [2.05, 4.69) is 0 Å². The number of ketones is 1. The van der Waals surface area contributed by atoms with E-state index in [1.165, 1.54) is 24.3 Å². The first-order valence-electron chi connectivity index (χ1n) is 11.4. The van der Waals surface area contributed by atoms with Crippen molar-refractivity contribution in [1.29, 1.82) is 0 Å². The van der Waals surface area contributed by atoms with Gasteiger partial charge < -0.3 is 4.74 Å². The SMILES string of the molecule is O=C(COC(=O)[C@@H](Cc1ccccc1)N1C(=O)[C@@H]2[C@H](C1=O)[C@H]1C=C[C@H]2C1)c1ccc([N+](=O)[O-])cc1. The Morgan fingerprint density at radius 2 is 1.57 bits per heavy atom. The molecule has 5 rings (SSSR count). The number of hydrogen-bond acceptors (Lipinski definition) is 7. The highest BCUT2D eigenvalue weighted by Gasteiger charge is 2.61. The predicted octanol–water partition coefficient (Wildman–Crippen LogP) is 2.74. The molecule has 1 saturated carbocycles. The van der Waals surface area contributed by atoms with E-state index in [9.17, 15) is 29.3 Å².